The molecular formula is C11H20N2OS. The first-order valence-electron chi connectivity index (χ1n) is 5.72. The molecule has 15 heavy (non-hydrogen) atoms. The van der Waals surface area contributed by atoms with E-state index in [1.807, 2.05) is 6.92 Å². The molecule has 3 nitrogen and oxygen atoms in total. The third kappa shape index (κ3) is 3.24. The second-order valence-corrected chi connectivity index (χ2v) is 4.66. The fraction of sp³-hybridized carbons (Fsp3) is 0.818. The van der Waals surface area contributed by atoms with Gasteiger partial charge >= 0.3 is 0 Å². The summed E-state index contributed by atoms with van der Waals surface area (Å²) in [4.78, 5) is 0.962. The molecule has 0 radical (unpaired) electrons. The van der Waals surface area contributed by atoms with Gasteiger partial charge in [0, 0.05) is 0 Å². The highest BCUT2D eigenvalue weighted by Gasteiger charge is 2.18. The van der Waals surface area contributed by atoms with Crippen molar-refractivity contribution in [2.45, 2.75) is 52.6 Å². The van der Waals surface area contributed by atoms with E-state index in [9.17, 15) is 5.11 Å². The predicted octanol–water partition coefficient (Wildman–Crippen LogP) is 2.96. The fourth-order valence-electron chi connectivity index (χ4n) is 1.76. The molecule has 0 amide bonds. The van der Waals surface area contributed by atoms with Crippen molar-refractivity contribution >= 4 is 11.5 Å². The van der Waals surface area contributed by atoms with Gasteiger partial charge in [0.15, 0.2) is 0 Å². The molecule has 0 aliphatic rings. The lowest BCUT2D eigenvalue weighted by molar-refractivity contribution is 0.143. The van der Waals surface area contributed by atoms with Crippen LogP contribution in [0.3, 0.4) is 0 Å². The molecule has 0 spiro atoms. The van der Waals surface area contributed by atoms with Gasteiger partial charge < -0.3 is 5.11 Å². The van der Waals surface area contributed by atoms with Gasteiger partial charge in [0.05, 0.1) is 16.7 Å². The molecule has 1 heterocycles. The Morgan fingerprint density at radius 3 is 2.47 bits per heavy atom. The van der Waals surface area contributed by atoms with Crippen LogP contribution in [0.1, 0.15) is 56.7 Å². The van der Waals surface area contributed by atoms with Gasteiger partial charge in [-0.2, -0.15) is 0 Å². The van der Waals surface area contributed by atoms with Gasteiger partial charge in [0.25, 0.3) is 0 Å². The van der Waals surface area contributed by atoms with E-state index in [-0.39, 0.29) is 6.10 Å². The van der Waals surface area contributed by atoms with Crippen LogP contribution in [0, 0.1) is 5.92 Å². The van der Waals surface area contributed by atoms with Crippen molar-refractivity contribution in [1.82, 2.24) is 9.59 Å². The second kappa shape index (κ2) is 6.18. The lowest BCUT2D eigenvalue weighted by Crippen LogP contribution is -2.06. The van der Waals surface area contributed by atoms with Crippen molar-refractivity contribution in [2.24, 2.45) is 5.92 Å². The number of aliphatic hydroxyl groups excluding tert-OH is 1. The van der Waals surface area contributed by atoms with Gasteiger partial charge in [-0.05, 0) is 30.3 Å². The Kier molecular flexibility index (Phi) is 5.19. The second-order valence-electron chi connectivity index (χ2n) is 3.87. The number of nitrogens with zero attached hydrogens (tertiary/aromatic N) is 2. The lowest BCUT2D eigenvalue weighted by atomic mass is 9.95. The average Bonchev–Trinajstić information content (AvgIpc) is 2.73. The Morgan fingerprint density at radius 1 is 1.27 bits per heavy atom. The third-order valence-corrected chi connectivity index (χ3v) is 3.80. The normalized spacial score (nSPS) is 13.4. The molecule has 0 saturated heterocycles. The maximum absolute atomic E-state index is 10.1. The molecule has 0 aliphatic carbocycles. The number of hydrogen-bond acceptors (Lipinski definition) is 4. The largest absolute Gasteiger partial charge is 0.387 e. The van der Waals surface area contributed by atoms with E-state index in [1.165, 1.54) is 11.5 Å². The Hall–Kier alpha value is -0.480. The third-order valence-electron chi connectivity index (χ3n) is 2.93. The average molecular weight is 228 g/mol. The quantitative estimate of drug-likeness (QED) is 0.814. The summed E-state index contributed by atoms with van der Waals surface area (Å²) in [5.74, 6) is 0.604. The Balaban J connectivity index is 2.63. The number of aromatic nitrogens is 2. The van der Waals surface area contributed by atoms with Crippen LogP contribution in [0.4, 0.5) is 0 Å². The fourth-order valence-corrected chi connectivity index (χ4v) is 2.49. The Labute approximate surface area is 95.7 Å². The molecule has 1 aromatic rings. The van der Waals surface area contributed by atoms with Gasteiger partial charge in [0.2, 0.25) is 0 Å². The van der Waals surface area contributed by atoms with E-state index in [0.29, 0.717) is 5.92 Å². The lowest BCUT2D eigenvalue weighted by Gasteiger charge is -2.16. The van der Waals surface area contributed by atoms with Crippen LogP contribution in [0.5, 0.6) is 0 Å². The van der Waals surface area contributed by atoms with Crippen LogP contribution >= 0.6 is 11.5 Å². The molecule has 1 rings (SSSR count). The van der Waals surface area contributed by atoms with E-state index in [4.69, 9.17) is 0 Å². The van der Waals surface area contributed by atoms with Crippen molar-refractivity contribution in [3.05, 3.63) is 10.6 Å². The van der Waals surface area contributed by atoms with Gasteiger partial charge in [-0.3, -0.25) is 0 Å². The molecule has 0 aliphatic heterocycles. The van der Waals surface area contributed by atoms with E-state index < -0.39 is 0 Å². The summed E-state index contributed by atoms with van der Waals surface area (Å²) < 4.78 is 3.90. The SMILES string of the molecule is CCc1nnsc1C(O)CC(CC)CC. The predicted molar refractivity (Wildman–Crippen MR) is 62.9 cm³/mol. The standard InChI is InChI=1S/C11H20N2OS/c1-4-8(5-2)7-10(14)11-9(6-3)12-13-15-11/h8,10,14H,4-7H2,1-3H3. The first kappa shape index (κ1) is 12.6. The molecule has 1 unspecified atom stereocenters. The minimum absolute atomic E-state index is 0.371. The molecule has 1 N–H and O–H groups in total. The monoisotopic (exact) mass is 228 g/mol. The van der Waals surface area contributed by atoms with Gasteiger partial charge in [0.1, 0.15) is 0 Å². The summed E-state index contributed by atoms with van der Waals surface area (Å²) in [6.07, 6.45) is 3.57. The molecule has 86 valence electrons. The van der Waals surface area contributed by atoms with Gasteiger partial charge in [-0.15, -0.1) is 5.10 Å². The summed E-state index contributed by atoms with van der Waals surface area (Å²) in [7, 11) is 0. The van der Waals surface area contributed by atoms with Crippen LogP contribution in [-0.4, -0.2) is 14.7 Å². The van der Waals surface area contributed by atoms with Crippen molar-refractivity contribution in [1.29, 1.82) is 0 Å². The Bertz CT molecular complexity index is 284. The van der Waals surface area contributed by atoms with Crippen molar-refractivity contribution in [2.75, 3.05) is 0 Å². The van der Waals surface area contributed by atoms with E-state index in [0.717, 1.165) is 36.3 Å². The zero-order valence-electron chi connectivity index (χ0n) is 9.73. The molecule has 4 heteroatoms. The highest BCUT2D eigenvalue weighted by atomic mass is 32.1. The van der Waals surface area contributed by atoms with E-state index >= 15 is 0 Å². The summed E-state index contributed by atoms with van der Waals surface area (Å²) in [6.45, 7) is 6.39. The summed E-state index contributed by atoms with van der Waals surface area (Å²) in [5, 5.41) is 14.1. The minimum atomic E-state index is -0.371. The van der Waals surface area contributed by atoms with Crippen LogP contribution in [0.25, 0.3) is 0 Å². The zero-order valence-corrected chi connectivity index (χ0v) is 10.5. The van der Waals surface area contributed by atoms with Crippen LogP contribution in [0.2, 0.25) is 0 Å². The van der Waals surface area contributed by atoms with Crippen LogP contribution in [-0.2, 0) is 6.42 Å². The number of hydrogen-bond donors (Lipinski definition) is 1. The minimum Gasteiger partial charge on any atom is -0.387 e. The molecule has 0 bridgehead atoms. The van der Waals surface area contributed by atoms with E-state index in [1.54, 1.807) is 0 Å². The zero-order chi connectivity index (χ0) is 11.3. The van der Waals surface area contributed by atoms with Crippen molar-refractivity contribution in [3.63, 3.8) is 0 Å². The van der Waals surface area contributed by atoms with Crippen molar-refractivity contribution in [3.8, 4) is 0 Å². The summed E-state index contributed by atoms with van der Waals surface area (Å²) in [6, 6.07) is 0. The highest BCUT2D eigenvalue weighted by molar-refractivity contribution is 7.05. The molecular weight excluding hydrogens is 208 g/mol. The Morgan fingerprint density at radius 2 is 1.93 bits per heavy atom. The maximum atomic E-state index is 10.1. The molecule has 0 saturated carbocycles. The number of aliphatic hydroxyl groups is 1. The number of aryl methyl sites for hydroxylation is 1. The summed E-state index contributed by atoms with van der Waals surface area (Å²) in [5.41, 5.74) is 0.957. The first-order chi connectivity index (χ1) is 7.22. The first-order valence-corrected chi connectivity index (χ1v) is 6.49. The van der Waals surface area contributed by atoms with Crippen LogP contribution in [0.15, 0.2) is 0 Å². The van der Waals surface area contributed by atoms with E-state index in [2.05, 4.69) is 23.4 Å². The smallest absolute Gasteiger partial charge is 0.0919 e. The topological polar surface area (TPSA) is 46.0 Å². The summed E-state index contributed by atoms with van der Waals surface area (Å²) >= 11 is 1.33. The maximum Gasteiger partial charge on any atom is 0.0919 e. The highest BCUT2D eigenvalue weighted by Crippen LogP contribution is 2.28. The van der Waals surface area contributed by atoms with Crippen molar-refractivity contribution < 1.29 is 5.11 Å². The van der Waals surface area contributed by atoms with Crippen LogP contribution < -0.4 is 0 Å². The molecule has 1 atom stereocenters. The molecule has 1 aromatic heterocycles. The number of rotatable bonds is 6. The molecule has 0 aromatic carbocycles. The molecule has 0 fully saturated rings. The van der Waals surface area contributed by atoms with Gasteiger partial charge in [-0.1, -0.05) is 38.1 Å². The van der Waals surface area contributed by atoms with Gasteiger partial charge in [-0.25, -0.2) is 0 Å².